The van der Waals surface area contributed by atoms with E-state index >= 15 is 0 Å². The Labute approximate surface area is 136 Å². The lowest BCUT2D eigenvalue weighted by molar-refractivity contribution is 0.373. The van der Waals surface area contributed by atoms with E-state index in [4.69, 9.17) is 28.6 Å². The molecule has 0 saturated heterocycles. The van der Waals surface area contributed by atoms with Gasteiger partial charge in [-0.1, -0.05) is 11.6 Å². The van der Waals surface area contributed by atoms with E-state index in [1.54, 1.807) is 34.9 Å². The van der Waals surface area contributed by atoms with E-state index < -0.39 is 0 Å². The molecular formula is C15H12ClN3O2S. The Morgan fingerprint density at radius 1 is 1.23 bits per heavy atom. The molecule has 112 valence electrons. The fourth-order valence-corrected chi connectivity index (χ4v) is 2.50. The van der Waals surface area contributed by atoms with Gasteiger partial charge in [0.1, 0.15) is 0 Å². The summed E-state index contributed by atoms with van der Waals surface area (Å²) in [5, 5.41) is 17.4. The van der Waals surface area contributed by atoms with Crippen molar-refractivity contribution in [2.75, 3.05) is 7.11 Å². The van der Waals surface area contributed by atoms with Crippen molar-refractivity contribution in [1.29, 1.82) is 0 Å². The molecule has 1 heterocycles. The minimum atomic E-state index is 0.0680. The standard InChI is InChI=1S/C15H12ClN3O2S/c1-21-13-8-9(2-7-12(13)20)14-17-18-15(22)19(14)11-5-3-10(16)4-6-11/h2-8,20H,1H3,(H,18,22). The number of aromatic amines is 1. The second kappa shape index (κ2) is 5.82. The van der Waals surface area contributed by atoms with Crippen molar-refractivity contribution in [2.45, 2.75) is 0 Å². The Morgan fingerprint density at radius 2 is 1.95 bits per heavy atom. The van der Waals surface area contributed by atoms with Crippen molar-refractivity contribution in [1.82, 2.24) is 14.8 Å². The van der Waals surface area contributed by atoms with Gasteiger partial charge in [-0.3, -0.25) is 9.67 Å². The van der Waals surface area contributed by atoms with Crippen LogP contribution in [0.2, 0.25) is 5.02 Å². The average Bonchev–Trinajstić information content (AvgIpc) is 2.90. The molecule has 5 nitrogen and oxygen atoms in total. The number of hydrogen-bond acceptors (Lipinski definition) is 4. The largest absolute Gasteiger partial charge is 0.504 e. The fraction of sp³-hybridized carbons (Fsp3) is 0.0667. The summed E-state index contributed by atoms with van der Waals surface area (Å²) in [6.07, 6.45) is 0. The highest BCUT2D eigenvalue weighted by molar-refractivity contribution is 7.71. The topological polar surface area (TPSA) is 63.1 Å². The Balaban J connectivity index is 2.17. The van der Waals surface area contributed by atoms with E-state index in [2.05, 4.69) is 10.2 Å². The maximum atomic E-state index is 9.71. The molecule has 3 rings (SSSR count). The number of hydrogen-bond donors (Lipinski definition) is 2. The highest BCUT2D eigenvalue weighted by atomic mass is 35.5. The number of nitrogens with zero attached hydrogens (tertiary/aromatic N) is 2. The zero-order valence-electron chi connectivity index (χ0n) is 11.6. The Kier molecular flexibility index (Phi) is 3.87. The Morgan fingerprint density at radius 3 is 2.64 bits per heavy atom. The van der Waals surface area contributed by atoms with Gasteiger partial charge in [-0.2, -0.15) is 5.10 Å². The molecule has 0 aliphatic heterocycles. The first kappa shape index (κ1) is 14.6. The van der Waals surface area contributed by atoms with Crippen molar-refractivity contribution < 1.29 is 9.84 Å². The van der Waals surface area contributed by atoms with Crippen LogP contribution in [0.25, 0.3) is 17.1 Å². The summed E-state index contributed by atoms with van der Waals surface area (Å²) < 4.78 is 7.39. The van der Waals surface area contributed by atoms with Crippen molar-refractivity contribution >= 4 is 23.8 Å². The SMILES string of the molecule is COc1cc(-c2n[nH]c(=S)n2-c2ccc(Cl)cc2)ccc1O. The number of aromatic hydroxyl groups is 1. The molecule has 0 aliphatic carbocycles. The smallest absolute Gasteiger partial charge is 0.200 e. The van der Waals surface area contributed by atoms with E-state index in [-0.39, 0.29) is 5.75 Å². The quantitative estimate of drug-likeness (QED) is 0.712. The first-order valence-electron chi connectivity index (χ1n) is 6.41. The molecule has 2 N–H and O–H groups in total. The van der Waals surface area contributed by atoms with Crippen molar-refractivity contribution in [2.24, 2.45) is 0 Å². The third kappa shape index (κ3) is 2.58. The van der Waals surface area contributed by atoms with Crippen LogP contribution in [0, 0.1) is 4.77 Å². The molecule has 3 aromatic rings. The second-order valence-electron chi connectivity index (χ2n) is 4.55. The molecule has 0 fully saturated rings. The predicted octanol–water partition coefficient (Wildman–Crippen LogP) is 3.96. The van der Waals surface area contributed by atoms with Crippen molar-refractivity contribution in [3.63, 3.8) is 0 Å². The van der Waals surface area contributed by atoms with Crippen LogP contribution in [-0.2, 0) is 0 Å². The zero-order valence-corrected chi connectivity index (χ0v) is 13.1. The number of halogens is 1. The normalized spacial score (nSPS) is 10.6. The van der Waals surface area contributed by atoms with Gasteiger partial charge in [-0.15, -0.1) is 0 Å². The number of phenols is 1. The molecule has 0 radical (unpaired) electrons. The molecule has 1 aromatic heterocycles. The van der Waals surface area contributed by atoms with Gasteiger partial charge in [0.15, 0.2) is 22.1 Å². The molecule has 0 bridgehead atoms. The number of rotatable bonds is 3. The van der Waals surface area contributed by atoms with Gasteiger partial charge in [0.05, 0.1) is 12.8 Å². The van der Waals surface area contributed by atoms with Gasteiger partial charge < -0.3 is 9.84 Å². The Hall–Kier alpha value is -2.31. The van der Waals surface area contributed by atoms with Crippen LogP contribution < -0.4 is 4.74 Å². The van der Waals surface area contributed by atoms with Crippen LogP contribution in [0.1, 0.15) is 0 Å². The summed E-state index contributed by atoms with van der Waals surface area (Å²) in [5.41, 5.74) is 1.60. The van der Waals surface area contributed by atoms with Crippen LogP contribution in [0.3, 0.4) is 0 Å². The zero-order chi connectivity index (χ0) is 15.7. The van der Waals surface area contributed by atoms with Gasteiger partial charge in [-0.05, 0) is 54.7 Å². The molecular weight excluding hydrogens is 322 g/mol. The van der Waals surface area contributed by atoms with E-state index in [0.717, 1.165) is 11.3 Å². The monoisotopic (exact) mass is 333 g/mol. The van der Waals surface area contributed by atoms with Crippen LogP contribution in [0.4, 0.5) is 0 Å². The number of methoxy groups -OCH3 is 1. The average molecular weight is 334 g/mol. The number of benzene rings is 2. The molecule has 0 aliphatic rings. The summed E-state index contributed by atoms with van der Waals surface area (Å²) >= 11 is 11.2. The van der Waals surface area contributed by atoms with Gasteiger partial charge in [-0.25, -0.2) is 0 Å². The maximum Gasteiger partial charge on any atom is 0.200 e. The molecule has 0 amide bonds. The molecule has 0 spiro atoms. The molecule has 7 heteroatoms. The van der Waals surface area contributed by atoms with E-state index in [9.17, 15) is 5.11 Å². The third-order valence-corrected chi connectivity index (χ3v) is 3.72. The predicted molar refractivity (Wildman–Crippen MR) is 87.4 cm³/mol. The molecule has 0 unspecified atom stereocenters. The van der Waals surface area contributed by atoms with Crippen LogP contribution in [-0.4, -0.2) is 27.0 Å². The minimum Gasteiger partial charge on any atom is -0.504 e. The highest BCUT2D eigenvalue weighted by Crippen LogP contribution is 2.31. The lowest BCUT2D eigenvalue weighted by Gasteiger charge is -2.09. The van der Waals surface area contributed by atoms with Gasteiger partial charge in [0.2, 0.25) is 0 Å². The lowest BCUT2D eigenvalue weighted by Crippen LogP contribution is -1.98. The third-order valence-electron chi connectivity index (χ3n) is 3.20. The van der Waals surface area contributed by atoms with E-state index in [1.165, 1.54) is 7.11 Å². The number of phenolic OH excluding ortho intramolecular Hbond substituents is 1. The minimum absolute atomic E-state index is 0.0680. The highest BCUT2D eigenvalue weighted by Gasteiger charge is 2.13. The summed E-state index contributed by atoms with van der Waals surface area (Å²) in [7, 11) is 1.50. The first-order chi connectivity index (χ1) is 10.6. The van der Waals surface area contributed by atoms with E-state index in [1.807, 2.05) is 12.1 Å². The Bertz CT molecular complexity index is 871. The summed E-state index contributed by atoms with van der Waals surface area (Å²) in [6, 6.07) is 12.3. The number of nitrogens with one attached hydrogen (secondary N) is 1. The molecule has 22 heavy (non-hydrogen) atoms. The van der Waals surface area contributed by atoms with Crippen molar-refractivity contribution in [3.8, 4) is 28.6 Å². The molecule has 0 atom stereocenters. The summed E-state index contributed by atoms with van der Waals surface area (Å²) in [5.74, 6) is 1.05. The van der Waals surface area contributed by atoms with Crippen LogP contribution >= 0.6 is 23.8 Å². The van der Waals surface area contributed by atoms with Crippen molar-refractivity contribution in [3.05, 3.63) is 52.3 Å². The molecule has 2 aromatic carbocycles. The van der Waals surface area contributed by atoms with E-state index in [0.29, 0.717) is 21.4 Å². The maximum absolute atomic E-state index is 9.71. The van der Waals surface area contributed by atoms with Crippen LogP contribution in [0.15, 0.2) is 42.5 Å². The van der Waals surface area contributed by atoms with Gasteiger partial charge >= 0.3 is 0 Å². The summed E-state index contributed by atoms with van der Waals surface area (Å²) in [4.78, 5) is 0. The van der Waals surface area contributed by atoms with Gasteiger partial charge in [0, 0.05) is 10.6 Å². The second-order valence-corrected chi connectivity index (χ2v) is 5.37. The lowest BCUT2D eigenvalue weighted by atomic mass is 10.2. The number of ether oxygens (including phenoxy) is 1. The fourth-order valence-electron chi connectivity index (χ4n) is 2.14. The number of aromatic nitrogens is 3. The van der Waals surface area contributed by atoms with Gasteiger partial charge in [0.25, 0.3) is 0 Å². The number of H-pyrrole nitrogens is 1. The van der Waals surface area contributed by atoms with Crippen LogP contribution in [0.5, 0.6) is 11.5 Å². The molecule has 0 saturated carbocycles. The first-order valence-corrected chi connectivity index (χ1v) is 7.19. The summed E-state index contributed by atoms with van der Waals surface area (Å²) in [6.45, 7) is 0.